The lowest BCUT2D eigenvalue weighted by atomic mass is 10.1. The molecule has 0 aromatic heterocycles. The van der Waals surface area contributed by atoms with E-state index in [1.807, 2.05) is 42.5 Å². The number of benzene rings is 3. The Morgan fingerprint density at radius 2 is 1.72 bits per heavy atom. The number of hydrogen-bond acceptors (Lipinski definition) is 5. The number of hydrogen-bond donors (Lipinski definition) is 1. The number of phenolic OH excluding ortho intramolecular Hbond substituents is 1. The summed E-state index contributed by atoms with van der Waals surface area (Å²) in [6, 6.07) is 19.8. The molecular weight excluding hydrogens is 431 g/mol. The highest BCUT2D eigenvalue weighted by Gasteiger charge is 2.22. The van der Waals surface area contributed by atoms with E-state index in [9.17, 15) is 9.90 Å². The van der Waals surface area contributed by atoms with Crippen molar-refractivity contribution in [3.05, 3.63) is 87.9 Å². The monoisotopic (exact) mass is 448 g/mol. The van der Waals surface area contributed by atoms with E-state index in [0.717, 1.165) is 10.5 Å². The first-order chi connectivity index (χ1) is 14.0. The second-order valence-corrected chi connectivity index (χ2v) is 8.01. The first-order valence-electron chi connectivity index (χ1n) is 8.67. The lowest BCUT2D eigenvalue weighted by molar-refractivity contribution is -0.140. The number of methoxy groups -OCH3 is 1. The number of rotatable bonds is 7. The van der Waals surface area contributed by atoms with Gasteiger partial charge in [0.25, 0.3) is 0 Å². The molecule has 29 heavy (non-hydrogen) atoms. The van der Waals surface area contributed by atoms with Crippen LogP contribution < -0.4 is 4.74 Å². The van der Waals surface area contributed by atoms with Gasteiger partial charge in [-0.25, -0.2) is 0 Å². The summed E-state index contributed by atoms with van der Waals surface area (Å²) >= 11 is 13.6. The van der Waals surface area contributed by atoms with Crippen molar-refractivity contribution in [2.24, 2.45) is 0 Å². The van der Waals surface area contributed by atoms with Gasteiger partial charge in [-0.15, -0.1) is 11.8 Å². The molecule has 0 fully saturated rings. The number of aromatic hydroxyl groups is 1. The highest BCUT2D eigenvalue weighted by Crippen LogP contribution is 2.37. The molecule has 0 radical (unpaired) electrons. The average molecular weight is 449 g/mol. The quantitative estimate of drug-likeness (QED) is 0.340. The zero-order valence-corrected chi connectivity index (χ0v) is 17.8. The van der Waals surface area contributed by atoms with Gasteiger partial charge in [0, 0.05) is 15.5 Å². The number of phenols is 1. The van der Waals surface area contributed by atoms with E-state index in [1.54, 1.807) is 18.2 Å². The van der Waals surface area contributed by atoms with Crippen LogP contribution in [-0.4, -0.2) is 18.2 Å². The number of halogens is 2. The first-order valence-corrected chi connectivity index (χ1v) is 10.3. The van der Waals surface area contributed by atoms with Gasteiger partial charge in [-0.2, -0.15) is 0 Å². The van der Waals surface area contributed by atoms with E-state index in [0.29, 0.717) is 16.3 Å². The highest BCUT2D eigenvalue weighted by molar-refractivity contribution is 8.00. The van der Waals surface area contributed by atoms with Gasteiger partial charge in [-0.3, -0.25) is 4.79 Å². The zero-order valence-electron chi connectivity index (χ0n) is 15.5. The van der Waals surface area contributed by atoms with Crippen molar-refractivity contribution in [3.8, 4) is 11.5 Å². The lowest BCUT2D eigenvalue weighted by Crippen LogP contribution is -2.11. The maximum Gasteiger partial charge on any atom is 0.323 e. The molecule has 3 rings (SSSR count). The van der Waals surface area contributed by atoms with Crippen molar-refractivity contribution in [2.45, 2.75) is 16.8 Å². The Morgan fingerprint density at radius 1 is 1.03 bits per heavy atom. The molecule has 1 atom stereocenters. The molecule has 4 nitrogen and oxygen atoms in total. The largest absolute Gasteiger partial charge is 0.506 e. The number of esters is 1. The molecule has 0 saturated heterocycles. The van der Waals surface area contributed by atoms with Crippen molar-refractivity contribution in [3.63, 3.8) is 0 Å². The van der Waals surface area contributed by atoms with Gasteiger partial charge in [-0.05, 0) is 42.0 Å². The molecule has 0 aliphatic carbocycles. The Morgan fingerprint density at radius 3 is 2.38 bits per heavy atom. The van der Waals surface area contributed by atoms with E-state index in [2.05, 4.69) is 0 Å². The molecule has 0 heterocycles. The summed E-state index contributed by atoms with van der Waals surface area (Å²) in [5.41, 5.74) is 1.39. The molecule has 0 saturated carbocycles. The summed E-state index contributed by atoms with van der Waals surface area (Å²) < 4.78 is 10.7. The van der Waals surface area contributed by atoms with Crippen LogP contribution in [-0.2, 0) is 16.1 Å². The standard InChI is InChI=1S/C22H18Cl2O4S/c1-27-22(26)21(14-5-3-2-4-6-14)29-16-9-7-15(8-10-16)28-13-17-18(23)11-12-19(25)20(17)24/h2-12,21,25H,13H2,1H3. The van der Waals surface area contributed by atoms with Crippen LogP contribution in [0.3, 0.4) is 0 Å². The van der Waals surface area contributed by atoms with E-state index < -0.39 is 5.25 Å². The minimum absolute atomic E-state index is 0.0452. The molecule has 0 amide bonds. The second-order valence-electron chi connectivity index (χ2n) is 6.05. The molecule has 3 aromatic rings. The molecule has 0 aliphatic rings. The number of ether oxygens (including phenoxy) is 2. The van der Waals surface area contributed by atoms with Gasteiger partial charge in [0.2, 0.25) is 0 Å². The van der Waals surface area contributed by atoms with Crippen LogP contribution in [0.2, 0.25) is 10.0 Å². The van der Waals surface area contributed by atoms with Crippen LogP contribution in [0.5, 0.6) is 11.5 Å². The Bertz CT molecular complexity index is 978. The maximum atomic E-state index is 12.2. The van der Waals surface area contributed by atoms with E-state index in [4.69, 9.17) is 32.7 Å². The Balaban J connectivity index is 1.70. The fourth-order valence-electron chi connectivity index (χ4n) is 2.61. The van der Waals surface area contributed by atoms with Crippen LogP contribution in [0.4, 0.5) is 0 Å². The molecule has 0 aliphatic heterocycles. The van der Waals surface area contributed by atoms with Crippen LogP contribution in [0, 0.1) is 0 Å². The normalized spacial score (nSPS) is 11.7. The average Bonchev–Trinajstić information content (AvgIpc) is 2.75. The number of carbonyl (C=O) groups is 1. The smallest absolute Gasteiger partial charge is 0.323 e. The molecule has 0 spiro atoms. The number of carbonyl (C=O) groups excluding carboxylic acids is 1. The fraction of sp³-hybridized carbons (Fsp3) is 0.136. The van der Waals surface area contributed by atoms with Gasteiger partial charge < -0.3 is 14.6 Å². The van der Waals surface area contributed by atoms with E-state index in [1.165, 1.54) is 24.9 Å². The lowest BCUT2D eigenvalue weighted by Gasteiger charge is -2.15. The molecule has 0 bridgehead atoms. The number of thioether (sulfide) groups is 1. The van der Waals surface area contributed by atoms with Crippen molar-refractivity contribution in [2.75, 3.05) is 7.11 Å². The Hall–Kier alpha value is -2.34. The van der Waals surface area contributed by atoms with Crippen LogP contribution in [0.15, 0.2) is 71.6 Å². The van der Waals surface area contributed by atoms with E-state index >= 15 is 0 Å². The second kappa shape index (κ2) is 9.92. The summed E-state index contributed by atoms with van der Waals surface area (Å²) in [5, 5.41) is 9.85. The molecule has 150 valence electrons. The maximum absolute atomic E-state index is 12.2. The molecule has 3 aromatic carbocycles. The third-order valence-electron chi connectivity index (χ3n) is 4.14. The van der Waals surface area contributed by atoms with Gasteiger partial charge in [0.05, 0.1) is 12.1 Å². The molecule has 7 heteroatoms. The molecule has 1 unspecified atom stereocenters. The van der Waals surface area contributed by atoms with Gasteiger partial charge >= 0.3 is 5.97 Å². The Kier molecular flexibility index (Phi) is 7.31. The third kappa shape index (κ3) is 5.38. The van der Waals surface area contributed by atoms with Gasteiger partial charge in [0.15, 0.2) is 0 Å². The molecular formula is C22H18Cl2O4S. The summed E-state index contributed by atoms with van der Waals surface area (Å²) in [5.74, 6) is 0.255. The topological polar surface area (TPSA) is 55.8 Å². The van der Waals surface area contributed by atoms with Crippen molar-refractivity contribution in [1.29, 1.82) is 0 Å². The third-order valence-corrected chi connectivity index (χ3v) is 6.16. The van der Waals surface area contributed by atoms with Gasteiger partial charge in [-0.1, -0.05) is 53.5 Å². The predicted octanol–water partition coefficient (Wildman–Crippen LogP) is 6.28. The van der Waals surface area contributed by atoms with Crippen molar-refractivity contribution < 1.29 is 19.4 Å². The van der Waals surface area contributed by atoms with Gasteiger partial charge in [0.1, 0.15) is 23.4 Å². The van der Waals surface area contributed by atoms with Crippen molar-refractivity contribution >= 4 is 40.9 Å². The van der Waals surface area contributed by atoms with Crippen LogP contribution in [0.1, 0.15) is 16.4 Å². The zero-order chi connectivity index (χ0) is 20.8. The van der Waals surface area contributed by atoms with Crippen LogP contribution in [0.25, 0.3) is 0 Å². The summed E-state index contributed by atoms with van der Waals surface area (Å²) in [6.45, 7) is 0.118. The van der Waals surface area contributed by atoms with Crippen LogP contribution >= 0.6 is 35.0 Å². The predicted molar refractivity (Wildman–Crippen MR) is 116 cm³/mol. The minimum atomic E-state index is -0.460. The fourth-order valence-corrected chi connectivity index (χ4v) is 4.14. The molecule has 1 N–H and O–H groups in total. The SMILES string of the molecule is COC(=O)C(Sc1ccc(OCc2c(Cl)ccc(O)c2Cl)cc1)c1ccccc1. The van der Waals surface area contributed by atoms with Crippen molar-refractivity contribution in [1.82, 2.24) is 0 Å². The highest BCUT2D eigenvalue weighted by atomic mass is 35.5. The summed E-state index contributed by atoms with van der Waals surface area (Å²) in [7, 11) is 1.38. The summed E-state index contributed by atoms with van der Waals surface area (Å²) in [4.78, 5) is 13.1. The first kappa shape index (κ1) is 21.4. The minimum Gasteiger partial charge on any atom is -0.506 e. The van der Waals surface area contributed by atoms with E-state index in [-0.39, 0.29) is 23.3 Å². The summed E-state index contributed by atoms with van der Waals surface area (Å²) in [6.07, 6.45) is 0. The Labute approximate surface area is 183 Å².